The first-order valence-electron chi connectivity index (χ1n) is 9.46. The van der Waals surface area contributed by atoms with Crippen LogP contribution in [-0.4, -0.2) is 46.6 Å². The molecule has 0 atom stereocenters. The molecule has 0 unspecified atom stereocenters. The van der Waals surface area contributed by atoms with Gasteiger partial charge in [-0.3, -0.25) is 0 Å². The molecule has 2 aromatic heterocycles. The van der Waals surface area contributed by atoms with Gasteiger partial charge in [-0.1, -0.05) is 6.07 Å². The summed E-state index contributed by atoms with van der Waals surface area (Å²) in [5.41, 5.74) is 1.49. The summed E-state index contributed by atoms with van der Waals surface area (Å²) in [5.74, 6) is -3.16. The van der Waals surface area contributed by atoms with Crippen LogP contribution in [-0.2, 0) is 26.2 Å². The number of halogens is 1. The van der Waals surface area contributed by atoms with Crippen LogP contribution >= 0.6 is 0 Å². The highest BCUT2D eigenvalue weighted by Crippen LogP contribution is 2.29. The molecule has 0 aliphatic rings. The van der Waals surface area contributed by atoms with Crippen molar-refractivity contribution in [2.45, 2.75) is 11.4 Å². The highest BCUT2D eigenvalue weighted by Gasteiger charge is 2.23. The summed E-state index contributed by atoms with van der Waals surface area (Å²) in [5, 5.41) is 27.9. The molecule has 0 spiro atoms. The van der Waals surface area contributed by atoms with E-state index in [1.807, 2.05) is 6.07 Å². The minimum absolute atomic E-state index is 0.109. The lowest BCUT2D eigenvalue weighted by Gasteiger charge is -2.11. The third-order valence-corrected chi connectivity index (χ3v) is 5.80. The third-order valence-electron chi connectivity index (χ3n) is 4.13. The Kier molecular flexibility index (Phi) is 8.77. The predicted molar refractivity (Wildman–Crippen MR) is 119 cm³/mol. The largest absolute Gasteiger partial charge is 0.478 e. The van der Waals surface area contributed by atoms with E-state index in [9.17, 15) is 27.7 Å². The highest BCUT2D eigenvalue weighted by molar-refractivity contribution is 7.90. The van der Waals surface area contributed by atoms with Crippen molar-refractivity contribution in [2.24, 2.45) is 0 Å². The molecular formula is C22H19FN4O6S. The first kappa shape index (κ1) is 25.9. The van der Waals surface area contributed by atoms with E-state index >= 15 is 0 Å². The third kappa shape index (κ3) is 6.58. The second kappa shape index (κ2) is 11.5. The van der Waals surface area contributed by atoms with E-state index in [2.05, 4.69) is 10.3 Å². The van der Waals surface area contributed by atoms with Crippen LogP contribution < -0.4 is 5.32 Å². The van der Waals surface area contributed by atoms with Gasteiger partial charge in [-0.15, -0.1) is 0 Å². The molecule has 0 saturated heterocycles. The standard InChI is InChI=1S/C18H15FN4O2S.C4H4O4/c1-21-11-13-8-18(16-6-3-7-22-17(16)10-20)23(12-13)26(24,25)15-5-2-4-14(19)9-15;5-3(6)1-2-4(7)8/h2-9,12,21H,11H2,1H3;1-2H,(H,5,6)(H,7,8). The summed E-state index contributed by atoms with van der Waals surface area (Å²) in [6.07, 6.45) is 4.04. The molecule has 0 amide bonds. The van der Waals surface area contributed by atoms with Gasteiger partial charge in [0.1, 0.15) is 17.6 Å². The molecule has 0 aliphatic heterocycles. The van der Waals surface area contributed by atoms with Gasteiger partial charge in [0.2, 0.25) is 0 Å². The Labute approximate surface area is 194 Å². The van der Waals surface area contributed by atoms with Crippen LogP contribution in [0.25, 0.3) is 11.3 Å². The fraction of sp³-hybridized carbons (Fsp3) is 0.0909. The van der Waals surface area contributed by atoms with Crippen molar-refractivity contribution in [1.29, 1.82) is 5.26 Å². The van der Waals surface area contributed by atoms with Crippen molar-refractivity contribution in [3.05, 3.63) is 84.1 Å². The molecule has 0 saturated carbocycles. The number of benzene rings is 1. The zero-order chi connectivity index (χ0) is 25.3. The normalized spacial score (nSPS) is 10.9. The van der Waals surface area contributed by atoms with Gasteiger partial charge in [-0.25, -0.2) is 31.4 Å². The summed E-state index contributed by atoms with van der Waals surface area (Å²) < 4.78 is 40.7. The Balaban J connectivity index is 0.000000440. The molecule has 3 rings (SSSR count). The number of nitriles is 1. The quantitative estimate of drug-likeness (QED) is 0.425. The molecule has 0 fully saturated rings. The summed E-state index contributed by atoms with van der Waals surface area (Å²) in [6.45, 7) is 0.431. The lowest BCUT2D eigenvalue weighted by Crippen LogP contribution is -2.14. The fourth-order valence-electron chi connectivity index (χ4n) is 2.78. The number of carboxylic acid groups (broad SMARTS) is 2. The number of carboxylic acids is 2. The Morgan fingerprint density at radius 1 is 1.18 bits per heavy atom. The van der Waals surface area contributed by atoms with E-state index in [1.54, 1.807) is 25.2 Å². The van der Waals surface area contributed by atoms with Crippen LogP contribution in [0.15, 0.2) is 71.9 Å². The van der Waals surface area contributed by atoms with Gasteiger partial charge < -0.3 is 15.5 Å². The van der Waals surface area contributed by atoms with Crippen molar-refractivity contribution in [3.8, 4) is 17.3 Å². The smallest absolute Gasteiger partial charge is 0.328 e. The molecule has 0 radical (unpaired) electrons. The topological polar surface area (TPSA) is 162 Å². The van der Waals surface area contributed by atoms with E-state index in [4.69, 9.17) is 10.2 Å². The monoisotopic (exact) mass is 486 g/mol. The van der Waals surface area contributed by atoms with Crippen molar-refractivity contribution in [3.63, 3.8) is 0 Å². The maximum Gasteiger partial charge on any atom is 0.328 e. The molecule has 0 bridgehead atoms. The lowest BCUT2D eigenvalue weighted by molar-refractivity contribution is -0.134. The molecule has 12 heteroatoms. The summed E-state index contributed by atoms with van der Waals surface area (Å²) >= 11 is 0. The Bertz CT molecular complexity index is 1360. The van der Waals surface area contributed by atoms with E-state index in [-0.39, 0.29) is 10.6 Å². The molecule has 10 nitrogen and oxygen atoms in total. The zero-order valence-electron chi connectivity index (χ0n) is 17.7. The second-order valence-electron chi connectivity index (χ2n) is 6.54. The molecule has 2 heterocycles. The Morgan fingerprint density at radius 2 is 1.85 bits per heavy atom. The minimum atomic E-state index is -4.05. The molecular weight excluding hydrogens is 467 g/mol. The van der Waals surface area contributed by atoms with Gasteiger partial charge in [0, 0.05) is 36.7 Å². The van der Waals surface area contributed by atoms with Gasteiger partial charge in [0.15, 0.2) is 0 Å². The van der Waals surface area contributed by atoms with E-state index in [0.717, 1.165) is 10.0 Å². The molecule has 176 valence electrons. The Morgan fingerprint density at radius 3 is 2.41 bits per heavy atom. The number of nitrogens with one attached hydrogen (secondary N) is 1. The van der Waals surface area contributed by atoms with Crippen LogP contribution in [0.5, 0.6) is 0 Å². The van der Waals surface area contributed by atoms with Crippen molar-refractivity contribution < 1.29 is 32.6 Å². The molecule has 34 heavy (non-hydrogen) atoms. The van der Waals surface area contributed by atoms with Gasteiger partial charge in [0.25, 0.3) is 10.0 Å². The Hall–Kier alpha value is -4.34. The summed E-state index contributed by atoms with van der Waals surface area (Å²) in [4.78, 5) is 22.9. The molecule has 0 aliphatic carbocycles. The molecule has 3 aromatic rings. The van der Waals surface area contributed by atoms with Crippen LogP contribution in [0.4, 0.5) is 4.39 Å². The van der Waals surface area contributed by atoms with Gasteiger partial charge in [0.05, 0.1) is 10.6 Å². The highest BCUT2D eigenvalue weighted by atomic mass is 32.2. The number of hydrogen-bond donors (Lipinski definition) is 3. The van der Waals surface area contributed by atoms with Crippen LogP contribution in [0.3, 0.4) is 0 Å². The van der Waals surface area contributed by atoms with E-state index < -0.39 is 27.8 Å². The maximum atomic E-state index is 13.5. The summed E-state index contributed by atoms with van der Waals surface area (Å²) in [6, 6.07) is 11.7. The van der Waals surface area contributed by atoms with Crippen LogP contribution in [0, 0.1) is 17.1 Å². The van der Waals surface area contributed by atoms with Gasteiger partial charge in [-0.2, -0.15) is 5.26 Å². The number of rotatable bonds is 7. The fourth-order valence-corrected chi connectivity index (χ4v) is 4.20. The second-order valence-corrected chi connectivity index (χ2v) is 8.36. The lowest BCUT2D eigenvalue weighted by atomic mass is 10.1. The molecule has 3 N–H and O–H groups in total. The average Bonchev–Trinajstić information content (AvgIpc) is 3.23. The SMILES string of the molecule is CNCc1cc(-c2cccnc2C#N)n(S(=O)(=O)c2cccc(F)c2)c1.O=C(O)C=CC(=O)O. The molecule has 1 aromatic carbocycles. The number of aliphatic carboxylic acids is 2. The van der Waals surface area contributed by atoms with Gasteiger partial charge >= 0.3 is 11.9 Å². The van der Waals surface area contributed by atoms with Gasteiger partial charge in [-0.05, 0) is 49.0 Å². The minimum Gasteiger partial charge on any atom is -0.478 e. The number of nitrogens with zero attached hydrogens (tertiary/aromatic N) is 3. The van der Waals surface area contributed by atoms with Crippen LogP contribution in [0.2, 0.25) is 0 Å². The number of aromatic nitrogens is 2. The first-order chi connectivity index (χ1) is 16.1. The van der Waals surface area contributed by atoms with E-state index in [1.165, 1.54) is 30.6 Å². The number of carbonyl (C=O) groups is 2. The first-order valence-corrected chi connectivity index (χ1v) is 10.9. The van der Waals surface area contributed by atoms with Crippen molar-refractivity contribution in [2.75, 3.05) is 7.05 Å². The zero-order valence-corrected chi connectivity index (χ0v) is 18.5. The van der Waals surface area contributed by atoms with Crippen molar-refractivity contribution >= 4 is 22.0 Å². The van der Waals surface area contributed by atoms with E-state index in [0.29, 0.717) is 35.5 Å². The summed E-state index contributed by atoms with van der Waals surface area (Å²) in [7, 11) is -2.31. The van der Waals surface area contributed by atoms with Crippen molar-refractivity contribution in [1.82, 2.24) is 14.3 Å². The number of pyridine rings is 1. The predicted octanol–water partition coefficient (Wildman–Crippen LogP) is 2.23. The average molecular weight is 486 g/mol. The van der Waals surface area contributed by atoms with Crippen LogP contribution in [0.1, 0.15) is 11.3 Å². The maximum absolute atomic E-state index is 13.5. The number of hydrogen-bond acceptors (Lipinski definition) is 7.